The molecule has 0 aliphatic carbocycles. The average Bonchev–Trinajstić information content (AvgIpc) is 2.09. The third-order valence-electron chi connectivity index (χ3n) is 1.27. The van der Waals surface area contributed by atoms with E-state index in [1.807, 2.05) is 4.98 Å². The fourth-order valence-electron chi connectivity index (χ4n) is 0.696. The number of hydrogen-bond donors (Lipinski definition) is 1. The zero-order valence-electron chi connectivity index (χ0n) is 6.47. The van der Waals surface area contributed by atoms with Crippen LogP contribution in [-0.2, 0) is 0 Å². The first-order chi connectivity index (χ1) is 6.06. The van der Waals surface area contributed by atoms with E-state index in [2.05, 4.69) is 4.98 Å². The van der Waals surface area contributed by atoms with Gasteiger partial charge in [0.15, 0.2) is 10.9 Å². The molecule has 0 aromatic carbocycles. The van der Waals surface area contributed by atoms with Crippen LogP contribution < -0.4 is 5.56 Å². The third kappa shape index (κ3) is 2.03. The number of halogens is 3. The van der Waals surface area contributed by atoms with Gasteiger partial charge in [0.1, 0.15) is 0 Å². The van der Waals surface area contributed by atoms with Crippen molar-refractivity contribution < 1.29 is 13.2 Å². The Labute approximate surface area is 75.4 Å². The first-order valence-corrected chi connectivity index (χ1v) is 4.40. The summed E-state index contributed by atoms with van der Waals surface area (Å²) in [5.74, 6) is -1.52. The molecule has 0 unspecified atom stereocenters. The van der Waals surface area contributed by atoms with Gasteiger partial charge in [0.2, 0.25) is 5.82 Å². The monoisotopic (exact) mass is 210 g/mol. The van der Waals surface area contributed by atoms with Crippen molar-refractivity contribution in [2.45, 2.75) is 11.6 Å². The number of alkyl halides is 2. The predicted molar refractivity (Wildman–Crippen MR) is 41.6 cm³/mol. The van der Waals surface area contributed by atoms with Gasteiger partial charge in [-0.05, 0) is 6.26 Å². The largest absolute Gasteiger partial charge is 0.299 e. The number of hydrogen-bond acceptors (Lipinski definition) is 3. The molecule has 0 bridgehead atoms. The van der Waals surface area contributed by atoms with Gasteiger partial charge in [-0.25, -0.2) is 13.8 Å². The standard InChI is InChI=1S/C6H5F3N2OS/c1-13-6-10-3(4(8)9)2(7)5(12)11-6/h4H,1H3,(H,10,11,12). The molecular formula is C6H5F3N2OS. The predicted octanol–water partition coefficient (Wildman–Crippen LogP) is 1.57. The van der Waals surface area contributed by atoms with E-state index in [0.717, 1.165) is 11.8 Å². The summed E-state index contributed by atoms with van der Waals surface area (Å²) in [6, 6.07) is 0. The number of nitrogens with one attached hydrogen (secondary N) is 1. The van der Waals surface area contributed by atoms with Gasteiger partial charge in [0.25, 0.3) is 12.0 Å². The summed E-state index contributed by atoms with van der Waals surface area (Å²) in [5, 5.41) is -0.0262. The Morgan fingerprint density at radius 3 is 2.62 bits per heavy atom. The van der Waals surface area contributed by atoms with Gasteiger partial charge in [-0.3, -0.25) is 9.78 Å². The Hall–Kier alpha value is -0.980. The lowest BCUT2D eigenvalue weighted by Gasteiger charge is -2.01. The second kappa shape index (κ2) is 3.82. The summed E-state index contributed by atoms with van der Waals surface area (Å²) >= 11 is 0.957. The number of nitrogens with zero attached hydrogens (tertiary/aromatic N) is 1. The maximum absolute atomic E-state index is 12.7. The Morgan fingerprint density at radius 2 is 2.15 bits per heavy atom. The lowest BCUT2D eigenvalue weighted by Crippen LogP contribution is -2.17. The van der Waals surface area contributed by atoms with Crippen LogP contribution in [-0.4, -0.2) is 16.2 Å². The minimum Gasteiger partial charge on any atom is -0.299 e. The van der Waals surface area contributed by atoms with Crippen LogP contribution in [0.15, 0.2) is 9.95 Å². The van der Waals surface area contributed by atoms with Crippen molar-refractivity contribution in [1.29, 1.82) is 0 Å². The molecule has 1 heterocycles. The Bertz CT molecular complexity index is 365. The molecule has 7 heteroatoms. The van der Waals surface area contributed by atoms with Gasteiger partial charge in [0.05, 0.1) is 0 Å². The number of H-pyrrole nitrogens is 1. The molecule has 0 saturated heterocycles. The fourth-order valence-corrected chi connectivity index (χ4v) is 1.08. The van der Waals surface area contributed by atoms with Crippen LogP contribution in [0.2, 0.25) is 0 Å². The highest BCUT2D eigenvalue weighted by Crippen LogP contribution is 2.19. The summed E-state index contributed by atoms with van der Waals surface area (Å²) in [6.07, 6.45) is -1.54. The first kappa shape index (κ1) is 10.1. The highest BCUT2D eigenvalue weighted by atomic mass is 32.2. The molecule has 0 fully saturated rings. The number of aromatic nitrogens is 2. The van der Waals surface area contributed by atoms with Crippen molar-refractivity contribution in [3.05, 3.63) is 21.9 Å². The van der Waals surface area contributed by atoms with Gasteiger partial charge in [-0.2, -0.15) is 4.39 Å². The van der Waals surface area contributed by atoms with E-state index in [9.17, 15) is 18.0 Å². The molecule has 0 spiro atoms. The van der Waals surface area contributed by atoms with Gasteiger partial charge < -0.3 is 0 Å². The van der Waals surface area contributed by atoms with Gasteiger partial charge >= 0.3 is 0 Å². The van der Waals surface area contributed by atoms with Crippen LogP contribution in [0.4, 0.5) is 13.2 Å². The molecule has 0 amide bonds. The molecule has 0 atom stereocenters. The highest BCUT2D eigenvalue weighted by molar-refractivity contribution is 7.98. The van der Waals surface area contributed by atoms with Crippen LogP contribution >= 0.6 is 11.8 Å². The zero-order valence-corrected chi connectivity index (χ0v) is 7.29. The Morgan fingerprint density at radius 1 is 1.54 bits per heavy atom. The summed E-state index contributed by atoms with van der Waals surface area (Å²) < 4.78 is 36.8. The molecule has 1 rings (SSSR count). The normalized spacial score (nSPS) is 10.8. The van der Waals surface area contributed by atoms with Crippen LogP contribution in [0.5, 0.6) is 0 Å². The maximum Gasteiger partial charge on any atom is 0.288 e. The SMILES string of the molecule is CSc1nc(C(F)F)c(F)c(=O)[nH]1. The molecule has 0 radical (unpaired) electrons. The highest BCUT2D eigenvalue weighted by Gasteiger charge is 2.19. The van der Waals surface area contributed by atoms with E-state index >= 15 is 0 Å². The van der Waals surface area contributed by atoms with E-state index in [1.165, 1.54) is 6.26 Å². The third-order valence-corrected chi connectivity index (χ3v) is 1.85. The van der Waals surface area contributed by atoms with E-state index < -0.39 is 23.5 Å². The maximum atomic E-state index is 12.7. The van der Waals surface area contributed by atoms with Crippen molar-refractivity contribution in [3.63, 3.8) is 0 Å². The molecular weight excluding hydrogens is 205 g/mol. The smallest absolute Gasteiger partial charge is 0.288 e. The Kier molecular flexibility index (Phi) is 2.97. The molecule has 1 N–H and O–H groups in total. The average molecular weight is 210 g/mol. The van der Waals surface area contributed by atoms with Crippen molar-refractivity contribution in [1.82, 2.24) is 9.97 Å². The molecule has 1 aromatic rings. The topological polar surface area (TPSA) is 45.8 Å². The van der Waals surface area contributed by atoms with E-state index in [4.69, 9.17) is 0 Å². The summed E-state index contributed by atoms with van der Waals surface area (Å²) in [5.41, 5.74) is -2.28. The minimum absolute atomic E-state index is 0.0262. The molecule has 0 saturated carbocycles. The molecule has 13 heavy (non-hydrogen) atoms. The number of rotatable bonds is 2. The van der Waals surface area contributed by atoms with Crippen molar-refractivity contribution in [2.75, 3.05) is 6.26 Å². The summed E-state index contributed by atoms with van der Waals surface area (Å²) in [7, 11) is 0. The van der Waals surface area contributed by atoms with Crippen LogP contribution in [0.25, 0.3) is 0 Å². The van der Waals surface area contributed by atoms with Crippen molar-refractivity contribution in [3.8, 4) is 0 Å². The molecule has 0 aliphatic heterocycles. The first-order valence-electron chi connectivity index (χ1n) is 3.18. The van der Waals surface area contributed by atoms with Crippen LogP contribution in [0.1, 0.15) is 12.1 Å². The molecule has 72 valence electrons. The lowest BCUT2D eigenvalue weighted by molar-refractivity contribution is 0.138. The van der Waals surface area contributed by atoms with E-state index in [-0.39, 0.29) is 5.16 Å². The number of thioether (sulfide) groups is 1. The summed E-state index contributed by atoms with van der Waals surface area (Å²) in [4.78, 5) is 15.9. The second-order valence-corrected chi connectivity index (χ2v) is 2.87. The lowest BCUT2D eigenvalue weighted by atomic mass is 10.4. The molecule has 1 aromatic heterocycles. The van der Waals surface area contributed by atoms with E-state index in [1.54, 1.807) is 0 Å². The van der Waals surface area contributed by atoms with Gasteiger partial charge in [0, 0.05) is 0 Å². The quantitative estimate of drug-likeness (QED) is 0.595. The molecule has 3 nitrogen and oxygen atoms in total. The summed E-state index contributed by atoms with van der Waals surface area (Å²) in [6.45, 7) is 0. The van der Waals surface area contributed by atoms with Gasteiger partial charge in [-0.1, -0.05) is 11.8 Å². The fraction of sp³-hybridized carbons (Fsp3) is 0.333. The van der Waals surface area contributed by atoms with Gasteiger partial charge in [-0.15, -0.1) is 0 Å². The van der Waals surface area contributed by atoms with Crippen molar-refractivity contribution >= 4 is 11.8 Å². The van der Waals surface area contributed by atoms with Crippen molar-refractivity contribution in [2.24, 2.45) is 0 Å². The zero-order chi connectivity index (χ0) is 10.0. The Balaban J connectivity index is 3.33. The number of aromatic amines is 1. The minimum atomic E-state index is -3.08. The second-order valence-electron chi connectivity index (χ2n) is 2.08. The molecule has 0 aliphatic rings. The van der Waals surface area contributed by atoms with Crippen LogP contribution in [0, 0.1) is 5.82 Å². The van der Waals surface area contributed by atoms with Crippen LogP contribution in [0.3, 0.4) is 0 Å². The van der Waals surface area contributed by atoms with E-state index in [0.29, 0.717) is 0 Å².